The number of anilines is 1. The van der Waals surface area contributed by atoms with Gasteiger partial charge in [-0.15, -0.1) is 0 Å². The number of nitrogens with one attached hydrogen (secondary N) is 2. The smallest absolute Gasteiger partial charge is 0.293 e. The molecular weight excluding hydrogens is 312 g/mol. The van der Waals surface area contributed by atoms with E-state index in [1.165, 1.54) is 25.2 Å². The minimum atomic E-state index is -0.466. The SMILES string of the molecule is O=c1[nH]cnc2cc(NC3CCOC(C4CC4)C3)c([N+](=O)[O-])cc12. The van der Waals surface area contributed by atoms with Gasteiger partial charge in [-0.05, 0) is 37.7 Å². The first kappa shape index (κ1) is 15.1. The maximum Gasteiger partial charge on any atom is 0.293 e. The van der Waals surface area contributed by atoms with Crippen molar-refractivity contribution >= 4 is 22.3 Å². The molecule has 8 heteroatoms. The van der Waals surface area contributed by atoms with E-state index in [4.69, 9.17) is 4.74 Å². The van der Waals surface area contributed by atoms with Crippen molar-refractivity contribution in [2.75, 3.05) is 11.9 Å². The van der Waals surface area contributed by atoms with Crippen LogP contribution in [0, 0.1) is 16.0 Å². The average molecular weight is 330 g/mol. The van der Waals surface area contributed by atoms with Gasteiger partial charge >= 0.3 is 0 Å². The van der Waals surface area contributed by atoms with Crippen LogP contribution in [0.4, 0.5) is 11.4 Å². The molecule has 1 aromatic heterocycles. The van der Waals surface area contributed by atoms with Crippen LogP contribution in [0.3, 0.4) is 0 Å². The second-order valence-corrected chi connectivity index (χ2v) is 6.49. The zero-order valence-electron chi connectivity index (χ0n) is 13.0. The van der Waals surface area contributed by atoms with Gasteiger partial charge in [0.2, 0.25) is 0 Å². The number of H-pyrrole nitrogens is 1. The van der Waals surface area contributed by atoms with E-state index >= 15 is 0 Å². The van der Waals surface area contributed by atoms with Crippen LogP contribution in [0.25, 0.3) is 10.9 Å². The van der Waals surface area contributed by atoms with E-state index in [1.54, 1.807) is 6.07 Å². The third kappa shape index (κ3) is 2.84. The van der Waals surface area contributed by atoms with Crippen molar-refractivity contribution in [2.24, 2.45) is 5.92 Å². The van der Waals surface area contributed by atoms with Crippen LogP contribution >= 0.6 is 0 Å². The summed E-state index contributed by atoms with van der Waals surface area (Å²) in [5, 5.41) is 14.9. The maximum atomic E-state index is 11.8. The Morgan fingerprint density at radius 1 is 1.33 bits per heavy atom. The molecule has 2 aromatic rings. The van der Waals surface area contributed by atoms with Gasteiger partial charge in [0.15, 0.2) is 0 Å². The molecule has 126 valence electrons. The van der Waals surface area contributed by atoms with Gasteiger partial charge in [-0.1, -0.05) is 0 Å². The van der Waals surface area contributed by atoms with Gasteiger partial charge in [-0.2, -0.15) is 0 Å². The Morgan fingerprint density at radius 2 is 2.17 bits per heavy atom. The van der Waals surface area contributed by atoms with Gasteiger partial charge < -0.3 is 15.0 Å². The van der Waals surface area contributed by atoms with Crippen LogP contribution in [0.2, 0.25) is 0 Å². The van der Waals surface area contributed by atoms with E-state index in [0.29, 0.717) is 23.7 Å². The van der Waals surface area contributed by atoms with Gasteiger partial charge in [0, 0.05) is 18.7 Å². The summed E-state index contributed by atoms with van der Waals surface area (Å²) >= 11 is 0. The van der Waals surface area contributed by atoms with Crippen molar-refractivity contribution in [1.82, 2.24) is 9.97 Å². The van der Waals surface area contributed by atoms with Crippen LogP contribution < -0.4 is 10.9 Å². The standard InChI is InChI=1S/C16H18N4O4/c21-16-11-6-14(20(22)23)13(7-12(11)17-8-18-16)19-10-3-4-24-15(5-10)9-1-2-9/h6-10,15,19H,1-5H2,(H,17,18,21). The molecule has 1 saturated carbocycles. The fourth-order valence-electron chi connectivity index (χ4n) is 3.35. The molecule has 2 unspecified atom stereocenters. The number of nitro groups is 1. The summed E-state index contributed by atoms with van der Waals surface area (Å²) in [6.45, 7) is 0.665. The third-order valence-corrected chi connectivity index (χ3v) is 4.78. The second kappa shape index (κ2) is 5.86. The molecule has 2 N–H and O–H groups in total. The summed E-state index contributed by atoms with van der Waals surface area (Å²) in [4.78, 5) is 29.3. The van der Waals surface area contributed by atoms with E-state index in [-0.39, 0.29) is 28.8 Å². The fourth-order valence-corrected chi connectivity index (χ4v) is 3.35. The maximum absolute atomic E-state index is 11.8. The molecule has 0 spiro atoms. The second-order valence-electron chi connectivity index (χ2n) is 6.49. The third-order valence-electron chi connectivity index (χ3n) is 4.78. The molecule has 24 heavy (non-hydrogen) atoms. The molecule has 0 amide bonds. The molecule has 4 rings (SSSR count). The molecule has 1 aliphatic carbocycles. The molecule has 2 aliphatic rings. The van der Waals surface area contributed by atoms with Crippen molar-refractivity contribution in [2.45, 2.75) is 37.8 Å². The first-order valence-electron chi connectivity index (χ1n) is 8.16. The number of nitro benzene ring substituents is 1. The summed E-state index contributed by atoms with van der Waals surface area (Å²) in [5.74, 6) is 0.640. The number of benzene rings is 1. The summed E-state index contributed by atoms with van der Waals surface area (Å²) in [5.41, 5.74) is 0.370. The quantitative estimate of drug-likeness (QED) is 0.657. The minimum Gasteiger partial charge on any atom is -0.378 e. The van der Waals surface area contributed by atoms with E-state index in [9.17, 15) is 14.9 Å². The van der Waals surface area contributed by atoms with E-state index in [1.807, 2.05) is 0 Å². The number of hydrogen-bond acceptors (Lipinski definition) is 6. The lowest BCUT2D eigenvalue weighted by molar-refractivity contribution is -0.383. The number of aromatic nitrogens is 2. The van der Waals surface area contributed by atoms with Gasteiger partial charge in [0.1, 0.15) is 5.69 Å². The summed E-state index contributed by atoms with van der Waals surface area (Å²) in [6.07, 6.45) is 5.62. The van der Waals surface area contributed by atoms with Gasteiger partial charge in [-0.3, -0.25) is 14.9 Å². The number of aromatic amines is 1. The molecular formula is C16H18N4O4. The topological polar surface area (TPSA) is 110 Å². The van der Waals surface area contributed by atoms with E-state index in [0.717, 1.165) is 12.8 Å². The number of ether oxygens (including phenoxy) is 1. The number of nitrogens with zero attached hydrogens (tertiary/aromatic N) is 2. The molecule has 2 fully saturated rings. The zero-order chi connectivity index (χ0) is 16.7. The normalized spacial score (nSPS) is 24.0. The molecule has 8 nitrogen and oxygen atoms in total. The van der Waals surface area contributed by atoms with Gasteiger partial charge in [0.25, 0.3) is 11.2 Å². The number of hydrogen-bond donors (Lipinski definition) is 2. The fraction of sp³-hybridized carbons (Fsp3) is 0.500. The highest BCUT2D eigenvalue weighted by molar-refractivity contribution is 5.86. The summed E-state index contributed by atoms with van der Waals surface area (Å²) in [6, 6.07) is 3.01. The van der Waals surface area contributed by atoms with Crippen LogP contribution in [0.5, 0.6) is 0 Å². The van der Waals surface area contributed by atoms with Gasteiger partial charge in [-0.25, -0.2) is 4.98 Å². The molecule has 1 saturated heterocycles. The Balaban J connectivity index is 1.65. The Hall–Kier alpha value is -2.48. The monoisotopic (exact) mass is 330 g/mol. The van der Waals surface area contributed by atoms with Crippen LogP contribution in [0.1, 0.15) is 25.7 Å². The predicted molar refractivity (Wildman–Crippen MR) is 88.1 cm³/mol. The number of rotatable bonds is 4. The molecule has 2 atom stereocenters. The minimum absolute atomic E-state index is 0.101. The highest BCUT2D eigenvalue weighted by Gasteiger charge is 2.36. The molecule has 1 aromatic carbocycles. The Morgan fingerprint density at radius 3 is 2.92 bits per heavy atom. The lowest BCUT2D eigenvalue weighted by Crippen LogP contribution is -2.35. The van der Waals surface area contributed by atoms with E-state index < -0.39 is 4.92 Å². The Labute approximate surface area is 137 Å². The van der Waals surface area contributed by atoms with Crippen molar-refractivity contribution in [1.29, 1.82) is 0 Å². The van der Waals surface area contributed by atoms with Crippen molar-refractivity contribution in [3.8, 4) is 0 Å². The predicted octanol–water partition coefficient (Wildman–Crippen LogP) is 2.20. The highest BCUT2D eigenvalue weighted by atomic mass is 16.6. The largest absolute Gasteiger partial charge is 0.378 e. The molecule has 2 heterocycles. The van der Waals surface area contributed by atoms with Gasteiger partial charge in [0.05, 0.1) is 28.3 Å². The van der Waals surface area contributed by atoms with E-state index in [2.05, 4.69) is 15.3 Å². The Kier molecular flexibility index (Phi) is 3.68. The van der Waals surface area contributed by atoms with Crippen molar-refractivity contribution in [3.63, 3.8) is 0 Å². The van der Waals surface area contributed by atoms with Crippen LogP contribution in [0.15, 0.2) is 23.3 Å². The lowest BCUT2D eigenvalue weighted by Gasteiger charge is -2.30. The van der Waals surface area contributed by atoms with Crippen LogP contribution in [-0.2, 0) is 4.74 Å². The first-order valence-corrected chi connectivity index (χ1v) is 8.16. The van der Waals surface area contributed by atoms with Crippen LogP contribution in [-0.4, -0.2) is 33.6 Å². The Bertz CT molecular complexity index is 846. The molecule has 0 radical (unpaired) electrons. The average Bonchev–Trinajstić information content (AvgIpc) is 3.40. The zero-order valence-corrected chi connectivity index (χ0v) is 13.0. The molecule has 1 aliphatic heterocycles. The summed E-state index contributed by atoms with van der Waals surface area (Å²) in [7, 11) is 0. The molecule has 0 bridgehead atoms. The van der Waals surface area contributed by atoms with Crippen molar-refractivity contribution < 1.29 is 9.66 Å². The first-order chi connectivity index (χ1) is 11.6. The van der Waals surface area contributed by atoms with Crippen molar-refractivity contribution in [3.05, 3.63) is 38.9 Å². The highest BCUT2D eigenvalue weighted by Crippen LogP contribution is 2.39. The number of fused-ring (bicyclic) bond motifs is 1. The summed E-state index contributed by atoms with van der Waals surface area (Å²) < 4.78 is 5.80. The lowest BCUT2D eigenvalue weighted by atomic mass is 9.99.